The molecule has 0 heterocycles. The number of nitrogens with zero attached hydrogens (tertiary/aromatic N) is 1. The molecular weight excluding hydrogens is 220 g/mol. The number of rotatable bonds is 5. The lowest BCUT2D eigenvalue weighted by molar-refractivity contribution is -0.120. The van der Waals surface area contributed by atoms with Gasteiger partial charge < -0.3 is 5.32 Å². The molecule has 1 amide bonds. The van der Waals surface area contributed by atoms with E-state index in [1.807, 2.05) is 24.5 Å². The molecule has 0 aliphatic heterocycles. The van der Waals surface area contributed by atoms with E-state index in [0.717, 1.165) is 6.42 Å². The molecule has 0 aromatic heterocycles. The first kappa shape index (κ1) is 12.6. The average molecular weight is 234 g/mol. The van der Waals surface area contributed by atoms with Crippen LogP contribution in [-0.4, -0.2) is 18.7 Å². The first-order valence-electron chi connectivity index (χ1n) is 5.03. The van der Waals surface area contributed by atoms with Crippen LogP contribution in [0, 0.1) is 11.3 Å². The van der Waals surface area contributed by atoms with E-state index in [1.54, 1.807) is 11.8 Å². The first-order chi connectivity index (χ1) is 7.77. The Balaban J connectivity index is 2.43. The molecule has 0 bridgehead atoms. The minimum atomic E-state index is -0.205. The summed E-state index contributed by atoms with van der Waals surface area (Å²) in [6, 6.07) is 9.94. The van der Waals surface area contributed by atoms with E-state index in [0.29, 0.717) is 6.54 Å². The molecule has 84 valence electrons. The molecule has 1 aromatic carbocycles. The number of benzene rings is 1. The van der Waals surface area contributed by atoms with Crippen molar-refractivity contribution in [3.8, 4) is 6.07 Å². The van der Waals surface area contributed by atoms with E-state index >= 15 is 0 Å². The molecule has 0 atom stereocenters. The Morgan fingerprint density at radius 1 is 1.50 bits per heavy atom. The standard InChI is InChI=1S/C12H14N2OS/c1-16-11-5-3-2-4-10(11)7-9-14-12(15)6-8-13/h2-5H,6-7,9H2,1H3,(H,14,15). The average Bonchev–Trinajstić information content (AvgIpc) is 2.30. The van der Waals surface area contributed by atoms with Crippen molar-refractivity contribution in [2.45, 2.75) is 17.7 Å². The van der Waals surface area contributed by atoms with Gasteiger partial charge in [0.1, 0.15) is 6.42 Å². The molecule has 16 heavy (non-hydrogen) atoms. The third-order valence-electron chi connectivity index (χ3n) is 2.15. The number of nitrogens with one attached hydrogen (secondary N) is 1. The second kappa shape index (κ2) is 6.91. The Morgan fingerprint density at radius 3 is 2.94 bits per heavy atom. The maximum atomic E-state index is 11.0. The molecular formula is C12H14N2OS. The van der Waals surface area contributed by atoms with Crippen molar-refractivity contribution in [2.75, 3.05) is 12.8 Å². The molecule has 4 heteroatoms. The van der Waals surface area contributed by atoms with Crippen LogP contribution in [0.3, 0.4) is 0 Å². The van der Waals surface area contributed by atoms with Crippen molar-refractivity contribution in [3.63, 3.8) is 0 Å². The number of hydrogen-bond acceptors (Lipinski definition) is 3. The maximum absolute atomic E-state index is 11.0. The van der Waals surface area contributed by atoms with E-state index in [9.17, 15) is 4.79 Å². The lowest BCUT2D eigenvalue weighted by atomic mass is 10.1. The lowest BCUT2D eigenvalue weighted by Gasteiger charge is -2.07. The summed E-state index contributed by atoms with van der Waals surface area (Å²) in [5.74, 6) is -0.205. The number of thioether (sulfide) groups is 1. The normalized spacial score (nSPS) is 9.50. The highest BCUT2D eigenvalue weighted by Gasteiger charge is 2.02. The molecule has 3 nitrogen and oxygen atoms in total. The third kappa shape index (κ3) is 3.95. The summed E-state index contributed by atoms with van der Waals surface area (Å²) in [6.07, 6.45) is 2.77. The lowest BCUT2D eigenvalue weighted by Crippen LogP contribution is -2.24. The van der Waals surface area contributed by atoms with Crippen molar-refractivity contribution in [1.82, 2.24) is 5.32 Å². The van der Waals surface area contributed by atoms with Crippen molar-refractivity contribution in [2.24, 2.45) is 0 Å². The number of amides is 1. The predicted molar refractivity (Wildman–Crippen MR) is 65.2 cm³/mol. The number of carbonyl (C=O) groups is 1. The third-order valence-corrected chi connectivity index (χ3v) is 2.99. The summed E-state index contributed by atoms with van der Waals surface area (Å²) in [5, 5.41) is 11.0. The van der Waals surface area contributed by atoms with Crippen LogP contribution in [0.25, 0.3) is 0 Å². The molecule has 1 aromatic rings. The first-order valence-corrected chi connectivity index (χ1v) is 6.26. The Bertz CT molecular complexity index is 398. The summed E-state index contributed by atoms with van der Waals surface area (Å²) in [7, 11) is 0. The van der Waals surface area contributed by atoms with Gasteiger partial charge in [-0.25, -0.2) is 0 Å². The Labute approximate surface area is 99.8 Å². The molecule has 0 aliphatic rings. The van der Waals surface area contributed by atoms with Crippen LogP contribution in [-0.2, 0) is 11.2 Å². The van der Waals surface area contributed by atoms with Crippen LogP contribution < -0.4 is 5.32 Å². The van der Waals surface area contributed by atoms with Gasteiger partial charge in [0.05, 0.1) is 6.07 Å². The van der Waals surface area contributed by atoms with Crippen LogP contribution in [0.1, 0.15) is 12.0 Å². The topological polar surface area (TPSA) is 52.9 Å². The van der Waals surface area contributed by atoms with Gasteiger partial charge in [0.25, 0.3) is 0 Å². The minimum Gasteiger partial charge on any atom is -0.355 e. The minimum absolute atomic E-state index is 0.0653. The summed E-state index contributed by atoms with van der Waals surface area (Å²) in [6.45, 7) is 0.581. The molecule has 1 rings (SSSR count). The van der Waals surface area contributed by atoms with Gasteiger partial charge in [-0.2, -0.15) is 5.26 Å². The largest absolute Gasteiger partial charge is 0.355 e. The van der Waals surface area contributed by atoms with Gasteiger partial charge in [0, 0.05) is 11.4 Å². The van der Waals surface area contributed by atoms with Crippen molar-refractivity contribution >= 4 is 17.7 Å². The Kier molecular flexibility index (Phi) is 5.44. The summed E-state index contributed by atoms with van der Waals surface area (Å²) in [5.41, 5.74) is 1.23. The molecule has 0 fully saturated rings. The molecule has 0 unspecified atom stereocenters. The zero-order valence-corrected chi connectivity index (χ0v) is 10.0. The maximum Gasteiger partial charge on any atom is 0.234 e. The van der Waals surface area contributed by atoms with Crippen molar-refractivity contribution in [1.29, 1.82) is 5.26 Å². The molecule has 0 spiro atoms. The highest BCUT2D eigenvalue weighted by atomic mass is 32.2. The Morgan fingerprint density at radius 2 is 2.25 bits per heavy atom. The zero-order valence-electron chi connectivity index (χ0n) is 9.19. The van der Waals surface area contributed by atoms with Crippen molar-refractivity contribution in [3.05, 3.63) is 29.8 Å². The number of carbonyl (C=O) groups excluding carboxylic acids is 1. The fraction of sp³-hybridized carbons (Fsp3) is 0.333. The second-order valence-electron chi connectivity index (χ2n) is 3.25. The van der Waals surface area contributed by atoms with E-state index in [1.165, 1.54) is 10.5 Å². The SMILES string of the molecule is CSc1ccccc1CCNC(=O)CC#N. The number of nitriles is 1. The van der Waals surface area contributed by atoms with Gasteiger partial charge in [-0.15, -0.1) is 11.8 Å². The molecule has 0 aliphatic carbocycles. The summed E-state index contributed by atoms with van der Waals surface area (Å²) in [4.78, 5) is 12.3. The smallest absolute Gasteiger partial charge is 0.234 e. The van der Waals surface area contributed by atoms with E-state index in [-0.39, 0.29) is 12.3 Å². The second-order valence-corrected chi connectivity index (χ2v) is 4.09. The Hall–Kier alpha value is -1.47. The van der Waals surface area contributed by atoms with E-state index < -0.39 is 0 Å². The van der Waals surface area contributed by atoms with E-state index in [4.69, 9.17) is 5.26 Å². The summed E-state index contributed by atoms with van der Waals surface area (Å²) >= 11 is 1.70. The van der Waals surface area contributed by atoms with Crippen LogP contribution in [0.4, 0.5) is 0 Å². The monoisotopic (exact) mass is 234 g/mol. The molecule has 0 saturated carbocycles. The zero-order chi connectivity index (χ0) is 11.8. The molecule has 0 saturated heterocycles. The summed E-state index contributed by atoms with van der Waals surface area (Å²) < 4.78 is 0. The highest BCUT2D eigenvalue weighted by molar-refractivity contribution is 7.98. The van der Waals surface area contributed by atoms with Crippen LogP contribution in [0.5, 0.6) is 0 Å². The molecule has 1 N–H and O–H groups in total. The fourth-order valence-electron chi connectivity index (χ4n) is 1.38. The van der Waals surface area contributed by atoms with Gasteiger partial charge in [0.2, 0.25) is 5.91 Å². The molecule has 0 radical (unpaired) electrons. The van der Waals surface area contributed by atoms with Crippen LogP contribution >= 0.6 is 11.8 Å². The van der Waals surface area contributed by atoms with Gasteiger partial charge >= 0.3 is 0 Å². The van der Waals surface area contributed by atoms with Crippen LogP contribution in [0.2, 0.25) is 0 Å². The van der Waals surface area contributed by atoms with E-state index in [2.05, 4.69) is 17.4 Å². The van der Waals surface area contributed by atoms with Gasteiger partial charge in [0.15, 0.2) is 0 Å². The van der Waals surface area contributed by atoms with Crippen LogP contribution in [0.15, 0.2) is 29.2 Å². The van der Waals surface area contributed by atoms with Crippen molar-refractivity contribution < 1.29 is 4.79 Å². The predicted octanol–water partition coefficient (Wildman–Crippen LogP) is 1.98. The quantitative estimate of drug-likeness (QED) is 0.793. The number of hydrogen-bond donors (Lipinski definition) is 1. The highest BCUT2D eigenvalue weighted by Crippen LogP contribution is 2.19. The van der Waals surface area contributed by atoms with Gasteiger partial charge in [-0.1, -0.05) is 18.2 Å². The van der Waals surface area contributed by atoms with Gasteiger partial charge in [-0.3, -0.25) is 4.79 Å². The fourth-order valence-corrected chi connectivity index (χ4v) is 2.03. The van der Waals surface area contributed by atoms with Gasteiger partial charge in [-0.05, 0) is 24.3 Å².